The van der Waals surface area contributed by atoms with Gasteiger partial charge in [0.05, 0.1) is 26.4 Å². The van der Waals surface area contributed by atoms with Crippen molar-refractivity contribution in [2.24, 2.45) is 0 Å². The molecule has 0 atom stereocenters. The van der Waals surface area contributed by atoms with Crippen molar-refractivity contribution in [1.29, 1.82) is 0 Å². The summed E-state index contributed by atoms with van der Waals surface area (Å²) in [6.07, 6.45) is 0.748. The number of carbonyl (C=O) groups excluding carboxylic acids is 1. The zero-order valence-electron chi connectivity index (χ0n) is 17.6. The average Bonchev–Trinajstić information content (AvgIpc) is 2.78. The van der Waals surface area contributed by atoms with E-state index in [1.165, 1.54) is 0 Å². The molecule has 31 heavy (non-hydrogen) atoms. The van der Waals surface area contributed by atoms with Gasteiger partial charge in [0, 0.05) is 12.2 Å². The predicted octanol–water partition coefficient (Wildman–Crippen LogP) is 2.79. The fourth-order valence-electron chi connectivity index (χ4n) is 2.58. The van der Waals surface area contributed by atoms with Gasteiger partial charge in [-0.3, -0.25) is 10.9 Å². The number of nitrogens with one attached hydrogen (secondary N) is 4. The number of hydrogen-bond donors (Lipinski definition) is 4. The van der Waals surface area contributed by atoms with Crippen molar-refractivity contribution in [2.75, 3.05) is 32.7 Å². The number of carbonyl (C=O) groups is 1. The monoisotopic (exact) mass is 462 g/mol. The largest absolute Gasteiger partial charge is 0.493 e. The summed E-state index contributed by atoms with van der Waals surface area (Å²) < 4.78 is 15.5. The highest BCUT2D eigenvalue weighted by Crippen LogP contribution is 2.27. The van der Waals surface area contributed by atoms with Crippen molar-refractivity contribution in [3.8, 4) is 11.5 Å². The first kappa shape index (κ1) is 24.2. The molecule has 166 valence electrons. The number of thiocarbonyl (C=S) groups is 2. The van der Waals surface area contributed by atoms with Gasteiger partial charge >= 0.3 is 5.97 Å². The molecule has 0 saturated carbocycles. The van der Waals surface area contributed by atoms with E-state index < -0.39 is 0 Å². The van der Waals surface area contributed by atoms with Crippen LogP contribution in [0.3, 0.4) is 0 Å². The smallest absolute Gasteiger partial charge is 0.338 e. The number of hydrazine groups is 1. The lowest BCUT2D eigenvalue weighted by Gasteiger charge is -2.15. The molecule has 0 fully saturated rings. The van der Waals surface area contributed by atoms with Gasteiger partial charge < -0.3 is 24.8 Å². The molecule has 4 N–H and O–H groups in total. The van der Waals surface area contributed by atoms with Crippen LogP contribution in [-0.4, -0.2) is 43.6 Å². The number of benzene rings is 2. The van der Waals surface area contributed by atoms with E-state index in [1.807, 2.05) is 18.2 Å². The minimum absolute atomic E-state index is 0.327. The second-order valence-corrected chi connectivity index (χ2v) is 7.01. The lowest BCUT2D eigenvalue weighted by Crippen LogP contribution is -2.48. The molecular formula is C21H26N4O4S2. The summed E-state index contributed by atoms with van der Waals surface area (Å²) in [6, 6.07) is 12.6. The maximum absolute atomic E-state index is 11.7. The van der Waals surface area contributed by atoms with Gasteiger partial charge in [0.2, 0.25) is 0 Å². The summed E-state index contributed by atoms with van der Waals surface area (Å²) in [7, 11) is 3.21. The molecule has 2 rings (SSSR count). The third kappa shape index (κ3) is 7.91. The molecule has 0 unspecified atom stereocenters. The molecule has 2 aromatic rings. The fourth-order valence-corrected chi connectivity index (χ4v) is 2.90. The van der Waals surface area contributed by atoms with Gasteiger partial charge in [-0.05, 0) is 79.7 Å². The fraction of sp³-hybridized carbons (Fsp3) is 0.286. The first-order chi connectivity index (χ1) is 15.0. The van der Waals surface area contributed by atoms with Crippen LogP contribution in [0.2, 0.25) is 0 Å². The van der Waals surface area contributed by atoms with Gasteiger partial charge in [0.1, 0.15) is 0 Å². The molecule has 0 bridgehead atoms. The Hall–Kier alpha value is -3.11. The van der Waals surface area contributed by atoms with Gasteiger partial charge in [0.15, 0.2) is 21.7 Å². The summed E-state index contributed by atoms with van der Waals surface area (Å²) in [5.74, 6) is 1.02. The highest BCUT2D eigenvalue weighted by molar-refractivity contribution is 7.80. The normalized spacial score (nSPS) is 9.90. The van der Waals surface area contributed by atoms with Crippen LogP contribution in [0.25, 0.3) is 0 Å². The second-order valence-electron chi connectivity index (χ2n) is 6.20. The Morgan fingerprint density at radius 2 is 1.61 bits per heavy atom. The summed E-state index contributed by atoms with van der Waals surface area (Å²) in [6.45, 7) is 2.72. The van der Waals surface area contributed by atoms with E-state index in [9.17, 15) is 4.79 Å². The van der Waals surface area contributed by atoms with Crippen LogP contribution in [0.4, 0.5) is 5.69 Å². The van der Waals surface area contributed by atoms with E-state index >= 15 is 0 Å². The SMILES string of the molecule is CCOC(=O)c1ccc(NC(=S)NNC(=S)NCCc2ccc(OC)c(OC)c2)cc1. The number of anilines is 1. The molecule has 0 aromatic heterocycles. The third-order valence-electron chi connectivity index (χ3n) is 4.09. The minimum atomic E-state index is -0.360. The number of esters is 1. The van der Waals surface area contributed by atoms with Crippen molar-refractivity contribution in [1.82, 2.24) is 16.2 Å². The van der Waals surface area contributed by atoms with Gasteiger partial charge in [0.25, 0.3) is 0 Å². The molecule has 0 heterocycles. The lowest BCUT2D eigenvalue weighted by atomic mass is 10.1. The van der Waals surface area contributed by atoms with E-state index in [0.29, 0.717) is 40.4 Å². The number of ether oxygens (including phenoxy) is 3. The Labute approximate surface area is 192 Å². The quantitative estimate of drug-likeness (QED) is 0.267. The average molecular weight is 463 g/mol. The Balaban J connectivity index is 1.71. The molecule has 8 nitrogen and oxygen atoms in total. The predicted molar refractivity (Wildman–Crippen MR) is 129 cm³/mol. The number of hydrogen-bond acceptors (Lipinski definition) is 6. The zero-order valence-corrected chi connectivity index (χ0v) is 19.2. The van der Waals surface area contributed by atoms with Crippen molar-refractivity contribution >= 4 is 46.3 Å². The molecule has 0 saturated heterocycles. The summed E-state index contributed by atoms with van der Waals surface area (Å²) >= 11 is 10.5. The van der Waals surface area contributed by atoms with Gasteiger partial charge in [-0.2, -0.15) is 0 Å². The molecule has 0 aliphatic rings. The summed E-state index contributed by atoms with van der Waals surface area (Å²) in [4.78, 5) is 11.7. The van der Waals surface area contributed by atoms with Gasteiger partial charge in [-0.25, -0.2) is 4.79 Å². The van der Waals surface area contributed by atoms with E-state index in [2.05, 4.69) is 21.5 Å². The lowest BCUT2D eigenvalue weighted by molar-refractivity contribution is 0.0526. The molecule has 2 aromatic carbocycles. The van der Waals surface area contributed by atoms with Crippen LogP contribution in [0.15, 0.2) is 42.5 Å². The molecule has 0 spiro atoms. The molecule has 0 amide bonds. The van der Waals surface area contributed by atoms with E-state index in [-0.39, 0.29) is 5.97 Å². The topological polar surface area (TPSA) is 92.9 Å². The molecule has 0 radical (unpaired) electrons. The third-order valence-corrected chi connectivity index (χ3v) is 4.54. The number of rotatable bonds is 8. The Kier molecular flexibility index (Phi) is 9.79. The van der Waals surface area contributed by atoms with Crippen LogP contribution in [0.1, 0.15) is 22.8 Å². The molecule has 10 heteroatoms. The second kappa shape index (κ2) is 12.6. The highest BCUT2D eigenvalue weighted by Gasteiger charge is 2.07. The number of methoxy groups -OCH3 is 2. The molecule has 0 aliphatic carbocycles. The van der Waals surface area contributed by atoms with Crippen LogP contribution < -0.4 is 31.0 Å². The van der Waals surface area contributed by atoms with Gasteiger partial charge in [-0.15, -0.1) is 0 Å². The van der Waals surface area contributed by atoms with E-state index in [0.717, 1.165) is 17.7 Å². The molecule has 0 aliphatic heterocycles. The van der Waals surface area contributed by atoms with Crippen molar-refractivity contribution in [3.63, 3.8) is 0 Å². The Bertz CT molecular complexity index is 907. The maximum atomic E-state index is 11.7. The van der Waals surface area contributed by atoms with Crippen LogP contribution in [0.5, 0.6) is 11.5 Å². The highest BCUT2D eigenvalue weighted by atomic mass is 32.1. The minimum Gasteiger partial charge on any atom is -0.493 e. The van der Waals surface area contributed by atoms with Crippen LogP contribution >= 0.6 is 24.4 Å². The van der Waals surface area contributed by atoms with E-state index in [4.69, 9.17) is 38.6 Å². The summed E-state index contributed by atoms with van der Waals surface area (Å²) in [5.41, 5.74) is 7.92. The Morgan fingerprint density at radius 1 is 0.935 bits per heavy atom. The first-order valence-corrected chi connectivity index (χ1v) is 10.4. The summed E-state index contributed by atoms with van der Waals surface area (Å²) in [5, 5.41) is 6.82. The Morgan fingerprint density at radius 3 is 2.26 bits per heavy atom. The van der Waals surface area contributed by atoms with E-state index in [1.54, 1.807) is 45.4 Å². The van der Waals surface area contributed by atoms with Crippen molar-refractivity contribution < 1.29 is 19.0 Å². The van der Waals surface area contributed by atoms with Gasteiger partial charge in [-0.1, -0.05) is 6.07 Å². The van der Waals surface area contributed by atoms with Crippen LogP contribution in [-0.2, 0) is 11.2 Å². The zero-order chi connectivity index (χ0) is 22.6. The first-order valence-electron chi connectivity index (χ1n) is 9.55. The standard InChI is InChI=1S/C21H26N4O4S2/c1-4-29-19(26)15-6-8-16(9-7-15)23-21(31)25-24-20(30)22-12-11-14-5-10-17(27-2)18(13-14)28-3/h5-10,13H,4,11-12H2,1-3H3,(H2,22,24,30)(H2,23,25,31). The molecular weight excluding hydrogens is 436 g/mol. The van der Waals surface area contributed by atoms with Crippen molar-refractivity contribution in [3.05, 3.63) is 53.6 Å². The van der Waals surface area contributed by atoms with Crippen molar-refractivity contribution in [2.45, 2.75) is 13.3 Å². The van der Waals surface area contributed by atoms with Crippen LogP contribution in [0, 0.1) is 0 Å². The maximum Gasteiger partial charge on any atom is 0.338 e.